The van der Waals surface area contributed by atoms with Gasteiger partial charge in [-0.3, -0.25) is 9.69 Å². The summed E-state index contributed by atoms with van der Waals surface area (Å²) in [4.78, 5) is 14.0. The Morgan fingerprint density at radius 1 is 1.08 bits per heavy atom. The van der Waals surface area contributed by atoms with E-state index in [1.807, 2.05) is 73.3 Å². The second-order valence-electron chi connectivity index (χ2n) is 6.52. The smallest absolute Gasteiger partial charge is 0.238 e. The van der Waals surface area contributed by atoms with Crippen molar-refractivity contribution >= 4 is 34.1 Å². The Morgan fingerprint density at radius 2 is 1.84 bits per heavy atom. The molecule has 0 aromatic heterocycles. The zero-order valence-corrected chi connectivity index (χ0v) is 15.0. The van der Waals surface area contributed by atoms with Crippen molar-refractivity contribution in [3.63, 3.8) is 0 Å². The molecule has 0 spiro atoms. The van der Waals surface area contributed by atoms with Crippen LogP contribution in [-0.2, 0) is 9.67 Å². The van der Waals surface area contributed by atoms with Gasteiger partial charge in [-0.1, -0.05) is 48.0 Å². The minimum atomic E-state index is -0.642. The maximum Gasteiger partial charge on any atom is 0.238 e. The van der Waals surface area contributed by atoms with Crippen molar-refractivity contribution in [2.75, 3.05) is 10.7 Å². The highest BCUT2D eigenvalue weighted by Gasteiger charge is 2.46. The average molecular weight is 349 g/mol. The van der Waals surface area contributed by atoms with Gasteiger partial charge in [-0.15, -0.1) is 11.8 Å². The quantitative estimate of drug-likeness (QED) is 0.722. The molecule has 3 aromatic rings. The summed E-state index contributed by atoms with van der Waals surface area (Å²) in [6.45, 7) is 4.01. The standard InChI is InChI=1S/C21H19NO2S/c1-14-10-11-19(23)17(12-14)21(2)22(20(24)13-25-21)18-9-5-7-15-6-3-4-8-16(15)18/h3-12,23H,13H2,1-2H3. The number of carbonyl (C=O) groups is 1. The van der Waals surface area contributed by atoms with E-state index in [1.54, 1.807) is 17.8 Å². The molecule has 0 saturated carbocycles. The van der Waals surface area contributed by atoms with E-state index in [1.165, 1.54) is 0 Å². The second-order valence-corrected chi connectivity index (χ2v) is 7.89. The van der Waals surface area contributed by atoms with Gasteiger partial charge in [0.25, 0.3) is 0 Å². The van der Waals surface area contributed by atoms with E-state index in [-0.39, 0.29) is 11.7 Å². The van der Waals surface area contributed by atoms with Crippen LogP contribution in [0.15, 0.2) is 60.7 Å². The van der Waals surface area contributed by atoms with Gasteiger partial charge in [-0.25, -0.2) is 0 Å². The molecular formula is C21H19NO2S. The fourth-order valence-corrected chi connectivity index (χ4v) is 4.74. The Labute approximate surface area is 151 Å². The van der Waals surface area contributed by atoms with Crippen LogP contribution in [0.4, 0.5) is 5.69 Å². The number of phenolic OH excluding ortho intramolecular Hbond substituents is 1. The van der Waals surface area contributed by atoms with Crippen LogP contribution in [0.3, 0.4) is 0 Å². The molecule has 3 aromatic carbocycles. The van der Waals surface area contributed by atoms with Gasteiger partial charge >= 0.3 is 0 Å². The molecule has 1 amide bonds. The summed E-state index contributed by atoms with van der Waals surface area (Å²) in [6, 6.07) is 19.6. The Kier molecular flexibility index (Phi) is 3.73. The molecule has 1 saturated heterocycles. The largest absolute Gasteiger partial charge is 0.508 e. The molecule has 0 radical (unpaired) electrons. The number of hydrogen-bond acceptors (Lipinski definition) is 3. The average Bonchev–Trinajstić information content (AvgIpc) is 2.92. The molecule has 1 aliphatic heterocycles. The van der Waals surface area contributed by atoms with Crippen molar-refractivity contribution in [1.29, 1.82) is 0 Å². The van der Waals surface area contributed by atoms with Crippen LogP contribution in [-0.4, -0.2) is 16.8 Å². The van der Waals surface area contributed by atoms with Crippen molar-refractivity contribution in [2.45, 2.75) is 18.7 Å². The summed E-state index contributed by atoms with van der Waals surface area (Å²) in [5.74, 6) is 0.679. The molecule has 1 N–H and O–H groups in total. The summed E-state index contributed by atoms with van der Waals surface area (Å²) < 4.78 is 0. The van der Waals surface area contributed by atoms with Gasteiger partial charge in [0, 0.05) is 10.9 Å². The Hall–Kier alpha value is -2.46. The number of thioether (sulfide) groups is 1. The first kappa shape index (κ1) is 16.0. The highest BCUT2D eigenvalue weighted by molar-refractivity contribution is 8.01. The topological polar surface area (TPSA) is 40.5 Å². The number of anilines is 1. The molecule has 1 unspecified atom stereocenters. The van der Waals surface area contributed by atoms with Crippen molar-refractivity contribution in [2.24, 2.45) is 0 Å². The van der Waals surface area contributed by atoms with Crippen LogP contribution in [0.1, 0.15) is 18.1 Å². The Balaban J connectivity index is 1.95. The summed E-state index contributed by atoms with van der Waals surface area (Å²) in [5.41, 5.74) is 2.72. The summed E-state index contributed by atoms with van der Waals surface area (Å²) >= 11 is 1.56. The fourth-order valence-electron chi connectivity index (χ4n) is 3.56. The normalized spacial score (nSPS) is 20.4. The SMILES string of the molecule is Cc1ccc(O)c(C2(C)SCC(=O)N2c2cccc3ccccc23)c1. The van der Waals surface area contributed by atoms with Crippen molar-refractivity contribution in [3.05, 3.63) is 71.8 Å². The van der Waals surface area contributed by atoms with Gasteiger partial charge in [-0.2, -0.15) is 0 Å². The molecule has 25 heavy (non-hydrogen) atoms. The van der Waals surface area contributed by atoms with E-state index in [4.69, 9.17) is 0 Å². The lowest BCUT2D eigenvalue weighted by Gasteiger charge is -2.36. The van der Waals surface area contributed by atoms with E-state index >= 15 is 0 Å². The van der Waals surface area contributed by atoms with Crippen LogP contribution >= 0.6 is 11.8 Å². The predicted molar refractivity (Wildman–Crippen MR) is 104 cm³/mol. The second kappa shape index (κ2) is 5.81. The Morgan fingerprint density at radius 3 is 2.68 bits per heavy atom. The van der Waals surface area contributed by atoms with Crippen LogP contribution in [0.25, 0.3) is 10.8 Å². The monoisotopic (exact) mass is 349 g/mol. The number of aromatic hydroxyl groups is 1. The van der Waals surface area contributed by atoms with E-state index in [0.717, 1.165) is 27.6 Å². The highest BCUT2D eigenvalue weighted by Crippen LogP contribution is 2.51. The number of rotatable bonds is 2. The van der Waals surface area contributed by atoms with Gasteiger partial charge in [0.15, 0.2) is 0 Å². The van der Waals surface area contributed by atoms with Crippen LogP contribution in [0.2, 0.25) is 0 Å². The summed E-state index contributed by atoms with van der Waals surface area (Å²) in [5, 5.41) is 12.6. The van der Waals surface area contributed by atoms with Gasteiger partial charge in [0.1, 0.15) is 10.6 Å². The third-order valence-electron chi connectivity index (χ3n) is 4.81. The maximum atomic E-state index is 12.8. The molecular weight excluding hydrogens is 330 g/mol. The summed E-state index contributed by atoms with van der Waals surface area (Å²) in [6.07, 6.45) is 0. The number of hydrogen-bond donors (Lipinski definition) is 1. The van der Waals surface area contributed by atoms with Gasteiger partial charge in [0.2, 0.25) is 5.91 Å². The zero-order valence-electron chi connectivity index (χ0n) is 14.2. The van der Waals surface area contributed by atoms with Crippen molar-refractivity contribution in [1.82, 2.24) is 0 Å². The lowest BCUT2D eigenvalue weighted by molar-refractivity contribution is -0.116. The number of fused-ring (bicyclic) bond motifs is 1. The minimum Gasteiger partial charge on any atom is -0.508 e. The van der Waals surface area contributed by atoms with E-state index in [2.05, 4.69) is 0 Å². The molecule has 0 aliphatic carbocycles. The van der Waals surface area contributed by atoms with Gasteiger partial charge < -0.3 is 5.11 Å². The molecule has 1 atom stereocenters. The van der Waals surface area contributed by atoms with Crippen molar-refractivity contribution in [3.8, 4) is 5.75 Å². The highest BCUT2D eigenvalue weighted by atomic mass is 32.2. The molecule has 4 heteroatoms. The van der Waals surface area contributed by atoms with Crippen LogP contribution in [0.5, 0.6) is 5.75 Å². The fraction of sp³-hybridized carbons (Fsp3) is 0.190. The van der Waals surface area contributed by atoms with E-state index in [9.17, 15) is 9.90 Å². The third kappa shape index (κ3) is 2.48. The van der Waals surface area contributed by atoms with Gasteiger partial charge in [-0.05, 0) is 37.4 Å². The molecule has 1 heterocycles. The number of phenols is 1. The first-order valence-electron chi connectivity index (χ1n) is 8.25. The van der Waals surface area contributed by atoms with Crippen molar-refractivity contribution < 1.29 is 9.90 Å². The molecule has 126 valence electrons. The molecule has 1 fully saturated rings. The lowest BCUT2D eigenvalue weighted by Crippen LogP contribution is -2.40. The molecule has 4 rings (SSSR count). The Bertz CT molecular complexity index is 979. The maximum absolute atomic E-state index is 12.8. The number of carbonyl (C=O) groups excluding carboxylic acids is 1. The molecule has 0 bridgehead atoms. The molecule has 3 nitrogen and oxygen atoms in total. The first-order chi connectivity index (χ1) is 12.0. The number of aryl methyl sites for hydroxylation is 1. The first-order valence-corrected chi connectivity index (χ1v) is 9.24. The third-order valence-corrected chi connectivity index (χ3v) is 6.17. The van der Waals surface area contributed by atoms with E-state index < -0.39 is 4.87 Å². The minimum absolute atomic E-state index is 0.0600. The number of nitrogens with zero attached hydrogens (tertiary/aromatic N) is 1. The van der Waals surface area contributed by atoms with E-state index in [0.29, 0.717) is 5.75 Å². The number of amides is 1. The molecule has 1 aliphatic rings. The van der Waals surface area contributed by atoms with Crippen LogP contribution < -0.4 is 4.90 Å². The predicted octanol–water partition coefficient (Wildman–Crippen LogP) is 4.81. The summed E-state index contributed by atoms with van der Waals surface area (Å²) in [7, 11) is 0. The number of benzene rings is 3. The van der Waals surface area contributed by atoms with Crippen LogP contribution in [0, 0.1) is 6.92 Å². The lowest BCUT2D eigenvalue weighted by atomic mass is 10.00. The zero-order chi connectivity index (χ0) is 17.6. The van der Waals surface area contributed by atoms with Gasteiger partial charge in [0.05, 0.1) is 11.4 Å².